The van der Waals surface area contributed by atoms with Gasteiger partial charge in [0.05, 0.1) is 32.7 Å². The second-order valence-electron chi connectivity index (χ2n) is 37.1. The van der Waals surface area contributed by atoms with Crippen LogP contribution in [-0.2, 0) is 27.1 Å². The summed E-state index contributed by atoms with van der Waals surface area (Å²) in [6.45, 7) is 28.6. The van der Waals surface area contributed by atoms with Crippen LogP contribution in [0.5, 0.6) is 0 Å². The van der Waals surface area contributed by atoms with Crippen molar-refractivity contribution >= 4 is 189 Å². The van der Waals surface area contributed by atoms with Crippen LogP contribution in [0.15, 0.2) is 224 Å². The van der Waals surface area contributed by atoms with Gasteiger partial charge in [0, 0.05) is 92.4 Å². The van der Waals surface area contributed by atoms with Crippen molar-refractivity contribution in [2.45, 2.75) is 136 Å². The van der Waals surface area contributed by atoms with Crippen LogP contribution in [0.3, 0.4) is 0 Å². The summed E-state index contributed by atoms with van der Waals surface area (Å²) in [5, 5.41) is 10.4. The zero-order chi connectivity index (χ0) is 74.9. The standard InChI is InChI=1S/C101H78B2N4O4S/c1-51-43-70-72(99(7,8)41-39-97(70,3)4)49-74(51)104-88-59-25-14-18-32-77(59)110-95(88)103-83-66(56-27-21-29-62-81-58-24-13-17-31-76(58)111-96(81)107(103)85(56)62)47-65-64-45-53(36-38-69(64)101(11,12)82(65)90(83)104)54-35-37-61-79(46-54)108-92-63-30-22-28-57-67-48-68-55-23-16-20-34-80(55)112-93(68)91-84(67)102(106(86(57)63)87(61)92)94-89(60-26-15-19-33-78(60)109-94)105(91)75-50-73-71(44-52(75)2)98(5,6)40-42-100(73,9)10/h13-38,43-50H,39-42H2,1-12H3. The molecule has 7 aromatic heterocycles. The zero-order valence-corrected chi connectivity index (χ0v) is 65.8. The van der Waals surface area contributed by atoms with Crippen LogP contribution in [0.4, 0.5) is 34.1 Å². The van der Waals surface area contributed by atoms with Crippen LogP contribution in [0.1, 0.15) is 139 Å². The van der Waals surface area contributed by atoms with E-state index in [1.165, 1.54) is 148 Å². The number of fused-ring (bicyclic) bond motifs is 32. The predicted octanol–water partition coefficient (Wildman–Crippen LogP) is 25.4. The Labute approximate surface area is 652 Å². The van der Waals surface area contributed by atoms with Crippen LogP contribution in [0.25, 0.3) is 153 Å². The Bertz CT molecular complexity index is 7700. The van der Waals surface area contributed by atoms with Gasteiger partial charge in [-0.3, -0.25) is 0 Å². The van der Waals surface area contributed by atoms with Gasteiger partial charge in [0.15, 0.2) is 11.3 Å². The monoisotopic (exact) mass is 1460 g/mol. The Morgan fingerprint density at radius 3 is 1.50 bits per heavy atom. The molecule has 19 aromatic rings. The van der Waals surface area contributed by atoms with Crippen LogP contribution >= 0.6 is 11.3 Å². The molecule has 112 heavy (non-hydrogen) atoms. The number of hydrogen-bond acceptors (Lipinski definition) is 7. The van der Waals surface area contributed by atoms with Gasteiger partial charge in [-0.15, -0.1) is 11.3 Å². The Morgan fingerprint density at radius 2 is 0.857 bits per heavy atom. The lowest BCUT2D eigenvalue weighted by Crippen LogP contribution is -2.56. The highest BCUT2D eigenvalue weighted by atomic mass is 32.1. The topological polar surface area (TPSA) is 68.9 Å². The van der Waals surface area contributed by atoms with Gasteiger partial charge in [0.1, 0.15) is 33.7 Å². The van der Waals surface area contributed by atoms with Gasteiger partial charge in [-0.2, -0.15) is 0 Å². The van der Waals surface area contributed by atoms with Crippen molar-refractivity contribution in [2.75, 3.05) is 9.80 Å². The molecule has 11 heterocycles. The van der Waals surface area contributed by atoms with Gasteiger partial charge in [0.25, 0.3) is 0 Å². The molecule has 0 bridgehead atoms. The summed E-state index contributed by atoms with van der Waals surface area (Å²) in [5.41, 5.74) is 40.2. The van der Waals surface area contributed by atoms with Crippen molar-refractivity contribution in [3.05, 3.63) is 251 Å². The molecule has 26 rings (SSSR count). The largest absolute Gasteiger partial charge is 0.466 e. The Hall–Kier alpha value is -11.7. The van der Waals surface area contributed by atoms with E-state index in [1.54, 1.807) is 0 Å². The van der Waals surface area contributed by atoms with E-state index in [0.717, 1.165) is 131 Å². The number of anilines is 6. The third-order valence-corrected chi connectivity index (χ3v) is 30.0. The van der Waals surface area contributed by atoms with E-state index in [1.807, 2.05) is 11.3 Å². The minimum Gasteiger partial charge on any atom is -0.466 e. The lowest BCUT2D eigenvalue weighted by molar-refractivity contribution is 0.332. The first-order valence-electron chi connectivity index (χ1n) is 40.4. The fourth-order valence-electron chi connectivity index (χ4n) is 23.1. The van der Waals surface area contributed by atoms with E-state index in [9.17, 15) is 0 Å². The van der Waals surface area contributed by atoms with Crippen molar-refractivity contribution in [3.8, 4) is 44.5 Å². The minimum atomic E-state index is -0.467. The normalized spacial score (nSPS) is 17.2. The van der Waals surface area contributed by atoms with Crippen LogP contribution in [-0.4, -0.2) is 22.7 Å². The highest BCUT2D eigenvalue weighted by Crippen LogP contribution is 2.62. The number of aryl methyl sites for hydroxylation is 2. The number of nitrogens with zero attached hydrogens (tertiary/aromatic N) is 4. The van der Waals surface area contributed by atoms with Crippen LogP contribution in [0.2, 0.25) is 0 Å². The lowest BCUT2D eigenvalue weighted by atomic mass is 9.47. The molecule has 0 spiro atoms. The molecular formula is C101H78B2N4O4S. The summed E-state index contributed by atoms with van der Waals surface area (Å²) in [6, 6.07) is 78.7. The maximum absolute atomic E-state index is 7.60. The molecule has 538 valence electrons. The van der Waals surface area contributed by atoms with Crippen molar-refractivity contribution in [1.29, 1.82) is 0 Å². The van der Waals surface area contributed by atoms with Crippen molar-refractivity contribution in [1.82, 2.24) is 8.96 Å². The first kappa shape index (κ1) is 63.0. The van der Waals surface area contributed by atoms with Crippen molar-refractivity contribution in [3.63, 3.8) is 0 Å². The first-order valence-corrected chi connectivity index (χ1v) is 41.2. The molecule has 12 aromatic carbocycles. The molecule has 0 amide bonds. The highest BCUT2D eigenvalue weighted by Gasteiger charge is 2.54. The number of thiophene rings is 1. The minimum absolute atomic E-state index is 0.0120. The number of benzene rings is 12. The molecular weight excluding hydrogens is 1390 g/mol. The summed E-state index contributed by atoms with van der Waals surface area (Å²) < 4.78 is 37.7. The molecule has 0 saturated carbocycles. The van der Waals surface area contributed by atoms with Gasteiger partial charge >= 0.3 is 13.7 Å². The molecule has 0 radical (unpaired) electrons. The molecule has 3 aliphatic carbocycles. The molecule has 0 N–H and O–H groups in total. The maximum Gasteiger partial charge on any atom is 0.378 e. The summed E-state index contributed by atoms with van der Waals surface area (Å²) >= 11 is 1.92. The number of furan rings is 4. The average molecular weight is 1470 g/mol. The van der Waals surface area contributed by atoms with E-state index < -0.39 is 5.41 Å². The molecule has 0 atom stereocenters. The number of aromatic nitrogens is 2. The molecule has 4 aliphatic heterocycles. The number of para-hydroxylation sites is 5. The van der Waals surface area contributed by atoms with Gasteiger partial charge in [-0.1, -0.05) is 191 Å². The number of rotatable bonds is 3. The molecule has 0 saturated heterocycles. The van der Waals surface area contributed by atoms with Gasteiger partial charge in [-0.05, 0) is 235 Å². The van der Waals surface area contributed by atoms with Crippen LogP contribution < -0.4 is 32.0 Å². The lowest BCUT2D eigenvalue weighted by Gasteiger charge is -2.45. The molecule has 7 aliphatic rings. The van der Waals surface area contributed by atoms with Crippen LogP contribution in [0, 0.1) is 13.8 Å². The Kier molecular flexibility index (Phi) is 11.4. The quantitative estimate of drug-likeness (QED) is 0.164. The second-order valence-corrected chi connectivity index (χ2v) is 38.1. The molecule has 0 fully saturated rings. The van der Waals surface area contributed by atoms with Gasteiger partial charge in [0.2, 0.25) is 0 Å². The predicted molar refractivity (Wildman–Crippen MR) is 469 cm³/mol. The second kappa shape index (κ2) is 20.3. The Balaban J connectivity index is 0.701. The SMILES string of the molecule is Cc1cc2c(cc1N1c3c4c(cc5c3C(C)(C)c3ccc(-c6ccc7c(c6)oc6c8cccc9c8n(c76)B6c7oc8ccccc8c7N(c7cc8c(cc7C)C(C)(C)CCC8(C)C)c7c6c-9cc6c7sc7ccccc76)cc3-5)-c3cccc5c6c7ccccc7oc6n(c35)B4c3oc4ccccc4c31)C(C)(C)CCC2(C)C. The van der Waals surface area contributed by atoms with E-state index in [0.29, 0.717) is 0 Å². The molecule has 0 unspecified atom stereocenters. The summed E-state index contributed by atoms with van der Waals surface area (Å²) in [4.78, 5) is 5.35. The maximum atomic E-state index is 7.60. The third-order valence-electron chi connectivity index (χ3n) is 28.8. The molecule has 8 nitrogen and oxygen atoms in total. The summed E-state index contributed by atoms with van der Waals surface area (Å²) in [6.07, 6.45) is 4.53. The van der Waals surface area contributed by atoms with Gasteiger partial charge in [-0.25, -0.2) is 0 Å². The third kappa shape index (κ3) is 7.51. The van der Waals surface area contributed by atoms with Crippen molar-refractivity contribution < 1.29 is 17.7 Å². The number of hydrogen-bond donors (Lipinski definition) is 0. The smallest absolute Gasteiger partial charge is 0.378 e. The zero-order valence-electron chi connectivity index (χ0n) is 64.9. The Morgan fingerprint density at radius 1 is 0.348 bits per heavy atom. The first-order chi connectivity index (χ1) is 54.1. The van der Waals surface area contributed by atoms with E-state index in [4.69, 9.17) is 17.7 Å². The van der Waals surface area contributed by atoms with Gasteiger partial charge < -0.3 is 36.4 Å². The highest BCUT2D eigenvalue weighted by molar-refractivity contribution is 7.26. The van der Waals surface area contributed by atoms with E-state index in [2.05, 4.69) is 308 Å². The average Bonchev–Trinajstić information content (AvgIpc) is 1.59. The fourth-order valence-corrected chi connectivity index (χ4v) is 24.3. The summed E-state index contributed by atoms with van der Waals surface area (Å²) in [5.74, 6) is 0. The van der Waals surface area contributed by atoms with Crippen molar-refractivity contribution in [2.24, 2.45) is 0 Å². The summed E-state index contributed by atoms with van der Waals surface area (Å²) in [7, 11) is 0. The van der Waals surface area contributed by atoms with E-state index >= 15 is 0 Å². The van der Waals surface area contributed by atoms with E-state index in [-0.39, 0.29) is 35.4 Å². The molecule has 11 heteroatoms. The fraction of sp³-hybridized carbons (Fsp3) is 0.208.